The molecule has 0 spiro atoms. The Hall–Kier alpha value is -2.08. The molecule has 6 heteroatoms. The zero-order valence-corrected chi connectivity index (χ0v) is 13.3. The molecular weight excluding hydrogens is 278 g/mol. The Morgan fingerprint density at radius 3 is 3.05 bits per heavy atom. The zero-order chi connectivity index (χ0) is 15.9. The third-order valence-electron chi connectivity index (χ3n) is 3.64. The zero-order valence-electron chi connectivity index (χ0n) is 13.3. The van der Waals surface area contributed by atoms with Crippen LogP contribution in [-0.2, 0) is 4.79 Å². The molecule has 1 amide bonds. The maximum absolute atomic E-state index is 11.3. The summed E-state index contributed by atoms with van der Waals surface area (Å²) >= 11 is 0. The maximum atomic E-state index is 11.3. The van der Waals surface area contributed by atoms with E-state index < -0.39 is 0 Å². The summed E-state index contributed by atoms with van der Waals surface area (Å²) in [5.74, 6) is 0.958. The smallest absolute Gasteiger partial charge is 0.234 e. The lowest BCUT2D eigenvalue weighted by Crippen LogP contribution is -2.48. The molecule has 120 valence electrons. The molecule has 0 saturated carbocycles. The van der Waals surface area contributed by atoms with E-state index in [-0.39, 0.29) is 5.91 Å². The van der Waals surface area contributed by atoms with Crippen LogP contribution in [0.3, 0.4) is 0 Å². The largest absolute Gasteiger partial charge is 0.370 e. The fourth-order valence-electron chi connectivity index (χ4n) is 2.36. The number of hydrogen-bond donors (Lipinski definition) is 3. The van der Waals surface area contributed by atoms with E-state index in [9.17, 15) is 4.79 Å². The number of nitrogens with zero attached hydrogens (tertiary/aromatic N) is 2. The lowest BCUT2D eigenvalue weighted by molar-refractivity contribution is -0.124. The molecule has 1 aliphatic heterocycles. The first-order valence-electron chi connectivity index (χ1n) is 7.70. The fraction of sp³-hybridized carbons (Fsp3) is 0.500. The molecule has 1 fully saturated rings. The third-order valence-corrected chi connectivity index (χ3v) is 3.64. The molecule has 22 heavy (non-hydrogen) atoms. The summed E-state index contributed by atoms with van der Waals surface area (Å²) in [6.45, 7) is 7.65. The number of carbonyl (C=O) groups excluding carboxylic acids is 1. The summed E-state index contributed by atoms with van der Waals surface area (Å²) in [5.41, 5.74) is 8.13. The molecule has 1 aromatic carbocycles. The van der Waals surface area contributed by atoms with Gasteiger partial charge in [0.15, 0.2) is 5.96 Å². The van der Waals surface area contributed by atoms with Crippen LogP contribution in [-0.4, -0.2) is 49.5 Å². The Kier molecular flexibility index (Phi) is 5.77. The van der Waals surface area contributed by atoms with Gasteiger partial charge < -0.3 is 16.4 Å². The summed E-state index contributed by atoms with van der Waals surface area (Å²) in [7, 11) is 0. The van der Waals surface area contributed by atoms with E-state index in [1.807, 2.05) is 12.1 Å². The maximum Gasteiger partial charge on any atom is 0.234 e. The van der Waals surface area contributed by atoms with Gasteiger partial charge in [-0.15, -0.1) is 0 Å². The van der Waals surface area contributed by atoms with Crippen LogP contribution < -0.4 is 16.4 Å². The molecule has 1 aliphatic rings. The lowest BCUT2D eigenvalue weighted by atomic mass is 10.0. The Morgan fingerprint density at radius 1 is 1.50 bits per heavy atom. The van der Waals surface area contributed by atoms with Crippen molar-refractivity contribution in [2.45, 2.75) is 19.8 Å². The molecule has 6 nitrogen and oxygen atoms in total. The Labute approximate surface area is 131 Å². The number of nitrogens with one attached hydrogen (secondary N) is 2. The van der Waals surface area contributed by atoms with Gasteiger partial charge in [0.2, 0.25) is 5.91 Å². The van der Waals surface area contributed by atoms with E-state index in [2.05, 4.69) is 46.5 Å². The molecule has 0 atom stereocenters. The molecular formula is C16H25N5O. The monoisotopic (exact) mass is 303 g/mol. The Balaban J connectivity index is 1.82. The number of piperazine rings is 1. The second-order valence-electron chi connectivity index (χ2n) is 5.80. The van der Waals surface area contributed by atoms with Gasteiger partial charge in [-0.25, -0.2) is 0 Å². The second kappa shape index (κ2) is 7.79. The molecule has 2 rings (SSSR count). The quantitative estimate of drug-likeness (QED) is 0.559. The van der Waals surface area contributed by atoms with E-state index in [4.69, 9.17) is 5.73 Å². The summed E-state index contributed by atoms with van der Waals surface area (Å²) in [5, 5.41) is 5.92. The van der Waals surface area contributed by atoms with Gasteiger partial charge >= 0.3 is 0 Å². The predicted octanol–water partition coefficient (Wildman–Crippen LogP) is 0.968. The van der Waals surface area contributed by atoms with Gasteiger partial charge in [0.05, 0.1) is 13.1 Å². The van der Waals surface area contributed by atoms with E-state index in [1.54, 1.807) is 0 Å². The number of aliphatic imine (C=N–C) groups is 1. The number of nitrogens with two attached hydrogens (primary N) is 1. The van der Waals surface area contributed by atoms with Gasteiger partial charge in [-0.3, -0.25) is 14.7 Å². The molecule has 0 bridgehead atoms. The van der Waals surface area contributed by atoms with Crippen LogP contribution >= 0.6 is 0 Å². The van der Waals surface area contributed by atoms with Crippen molar-refractivity contribution in [3.8, 4) is 0 Å². The fourth-order valence-corrected chi connectivity index (χ4v) is 2.36. The number of rotatable bonds is 5. The predicted molar refractivity (Wildman–Crippen MR) is 90.1 cm³/mol. The molecule has 0 aromatic heterocycles. The first kappa shape index (κ1) is 16.3. The normalized spacial score (nSPS) is 16.7. The van der Waals surface area contributed by atoms with Crippen LogP contribution in [0, 0.1) is 0 Å². The lowest BCUT2D eigenvalue weighted by Gasteiger charge is -2.25. The van der Waals surface area contributed by atoms with Crippen molar-refractivity contribution in [2.24, 2.45) is 10.7 Å². The average Bonchev–Trinajstić information content (AvgIpc) is 2.47. The highest BCUT2D eigenvalue weighted by molar-refractivity contribution is 5.92. The second-order valence-corrected chi connectivity index (χ2v) is 5.80. The van der Waals surface area contributed by atoms with Crippen LogP contribution in [0.2, 0.25) is 0 Å². The highest BCUT2D eigenvalue weighted by Gasteiger charge is 2.14. The molecule has 1 saturated heterocycles. The van der Waals surface area contributed by atoms with Crippen molar-refractivity contribution >= 4 is 17.6 Å². The molecule has 4 N–H and O–H groups in total. The van der Waals surface area contributed by atoms with Crippen LogP contribution in [0.4, 0.5) is 5.69 Å². The Bertz CT molecular complexity index is 541. The van der Waals surface area contributed by atoms with Crippen LogP contribution in [0.1, 0.15) is 25.3 Å². The molecule has 0 unspecified atom stereocenters. The summed E-state index contributed by atoms with van der Waals surface area (Å²) in [6.07, 6.45) is 0. The third kappa shape index (κ3) is 5.04. The van der Waals surface area contributed by atoms with Crippen molar-refractivity contribution < 1.29 is 4.79 Å². The van der Waals surface area contributed by atoms with Crippen molar-refractivity contribution in [1.29, 1.82) is 0 Å². The van der Waals surface area contributed by atoms with E-state index in [0.29, 0.717) is 31.5 Å². The highest BCUT2D eigenvalue weighted by atomic mass is 16.2. The highest BCUT2D eigenvalue weighted by Crippen LogP contribution is 2.18. The van der Waals surface area contributed by atoms with Gasteiger partial charge in [-0.1, -0.05) is 26.0 Å². The average molecular weight is 303 g/mol. The first-order valence-corrected chi connectivity index (χ1v) is 7.70. The number of carbonyl (C=O) groups is 1. The van der Waals surface area contributed by atoms with Gasteiger partial charge in [0.1, 0.15) is 0 Å². The van der Waals surface area contributed by atoms with Crippen molar-refractivity contribution in [3.05, 3.63) is 29.8 Å². The van der Waals surface area contributed by atoms with Crippen LogP contribution in [0.15, 0.2) is 29.3 Å². The summed E-state index contributed by atoms with van der Waals surface area (Å²) in [6, 6.07) is 8.17. The van der Waals surface area contributed by atoms with Crippen molar-refractivity contribution in [3.63, 3.8) is 0 Å². The molecule has 1 aromatic rings. The molecule has 1 heterocycles. The summed E-state index contributed by atoms with van der Waals surface area (Å²) in [4.78, 5) is 17.7. The number of amides is 1. The number of benzene rings is 1. The number of hydrogen-bond acceptors (Lipinski definition) is 3. The first-order chi connectivity index (χ1) is 10.5. The standard InChI is InChI=1S/C16H25N5O/c1-12(2)13-4-3-5-14(10-13)20-16(17)19-7-9-21-8-6-18-15(22)11-21/h3-5,10,12H,6-9,11H2,1-2H3,(H,18,22)(H3,17,19,20). The minimum absolute atomic E-state index is 0.0758. The number of anilines is 1. The van der Waals surface area contributed by atoms with E-state index >= 15 is 0 Å². The van der Waals surface area contributed by atoms with Crippen molar-refractivity contribution in [1.82, 2.24) is 10.2 Å². The summed E-state index contributed by atoms with van der Waals surface area (Å²) < 4.78 is 0. The minimum atomic E-state index is 0.0758. The van der Waals surface area contributed by atoms with Gasteiger partial charge in [-0.05, 0) is 23.6 Å². The van der Waals surface area contributed by atoms with Crippen LogP contribution in [0.5, 0.6) is 0 Å². The van der Waals surface area contributed by atoms with Crippen molar-refractivity contribution in [2.75, 3.05) is 38.0 Å². The van der Waals surface area contributed by atoms with E-state index in [1.165, 1.54) is 5.56 Å². The van der Waals surface area contributed by atoms with Gasteiger partial charge in [0, 0.05) is 25.3 Å². The topological polar surface area (TPSA) is 82.8 Å². The van der Waals surface area contributed by atoms with Gasteiger partial charge in [0.25, 0.3) is 0 Å². The van der Waals surface area contributed by atoms with Gasteiger partial charge in [-0.2, -0.15) is 0 Å². The molecule has 0 aliphatic carbocycles. The SMILES string of the molecule is CC(C)c1cccc(NC(N)=NCCN2CCNC(=O)C2)c1. The molecule has 0 radical (unpaired) electrons. The minimum Gasteiger partial charge on any atom is -0.370 e. The van der Waals surface area contributed by atoms with E-state index in [0.717, 1.165) is 18.8 Å². The number of guanidine groups is 1. The van der Waals surface area contributed by atoms with Crippen LogP contribution in [0.25, 0.3) is 0 Å². The Morgan fingerprint density at radius 2 is 2.32 bits per heavy atom.